The Morgan fingerprint density at radius 3 is 2.61 bits per heavy atom. The van der Waals surface area contributed by atoms with Gasteiger partial charge in [0.15, 0.2) is 0 Å². The van der Waals surface area contributed by atoms with Gasteiger partial charge in [0.25, 0.3) is 0 Å². The SMILES string of the molecule is CCCC=Nc1cc(NCCCC)c(O)cc1O. The van der Waals surface area contributed by atoms with Crippen molar-refractivity contribution in [2.75, 3.05) is 11.9 Å². The molecule has 0 aliphatic heterocycles. The van der Waals surface area contributed by atoms with E-state index in [-0.39, 0.29) is 11.5 Å². The van der Waals surface area contributed by atoms with Crippen LogP contribution in [0, 0.1) is 0 Å². The molecule has 0 saturated heterocycles. The van der Waals surface area contributed by atoms with Crippen molar-refractivity contribution >= 4 is 17.6 Å². The number of aliphatic imine (C=N–C) groups is 1. The van der Waals surface area contributed by atoms with Crippen molar-refractivity contribution in [2.24, 2.45) is 4.99 Å². The maximum Gasteiger partial charge on any atom is 0.145 e. The predicted octanol–water partition coefficient (Wildman–Crippen LogP) is 3.81. The van der Waals surface area contributed by atoms with Gasteiger partial charge in [0.05, 0.1) is 5.69 Å². The molecular weight excluding hydrogens is 228 g/mol. The van der Waals surface area contributed by atoms with Gasteiger partial charge in [-0.05, 0) is 18.9 Å². The predicted molar refractivity (Wildman–Crippen MR) is 76.2 cm³/mol. The Morgan fingerprint density at radius 2 is 1.94 bits per heavy atom. The molecule has 1 rings (SSSR count). The molecule has 0 aliphatic rings. The molecule has 0 saturated carbocycles. The van der Waals surface area contributed by atoms with E-state index in [2.05, 4.69) is 24.2 Å². The fourth-order valence-electron chi connectivity index (χ4n) is 1.50. The quantitative estimate of drug-likeness (QED) is 0.298. The summed E-state index contributed by atoms with van der Waals surface area (Å²) >= 11 is 0. The highest BCUT2D eigenvalue weighted by molar-refractivity contribution is 5.72. The van der Waals surface area contributed by atoms with Crippen molar-refractivity contribution in [3.63, 3.8) is 0 Å². The molecule has 3 N–H and O–H groups in total. The Balaban J connectivity index is 2.81. The van der Waals surface area contributed by atoms with E-state index in [0.29, 0.717) is 11.4 Å². The van der Waals surface area contributed by atoms with Gasteiger partial charge < -0.3 is 15.5 Å². The third-order valence-electron chi connectivity index (χ3n) is 2.59. The molecule has 1 aromatic carbocycles. The molecule has 0 heterocycles. The van der Waals surface area contributed by atoms with Crippen molar-refractivity contribution in [3.05, 3.63) is 12.1 Å². The second-order valence-electron chi connectivity index (χ2n) is 4.24. The second kappa shape index (κ2) is 7.58. The molecule has 4 heteroatoms. The van der Waals surface area contributed by atoms with Crippen molar-refractivity contribution in [1.82, 2.24) is 0 Å². The van der Waals surface area contributed by atoms with Gasteiger partial charge >= 0.3 is 0 Å². The summed E-state index contributed by atoms with van der Waals surface area (Å²) in [7, 11) is 0. The van der Waals surface area contributed by atoms with Gasteiger partial charge in [-0.2, -0.15) is 0 Å². The average Bonchev–Trinajstić information content (AvgIpc) is 2.34. The van der Waals surface area contributed by atoms with Gasteiger partial charge in [-0.3, -0.25) is 4.99 Å². The monoisotopic (exact) mass is 250 g/mol. The minimum absolute atomic E-state index is 0.000828. The molecule has 0 aliphatic carbocycles. The summed E-state index contributed by atoms with van der Waals surface area (Å²) in [5, 5.41) is 22.5. The third-order valence-corrected chi connectivity index (χ3v) is 2.59. The van der Waals surface area contributed by atoms with Crippen LogP contribution >= 0.6 is 0 Å². The first-order valence-corrected chi connectivity index (χ1v) is 6.51. The van der Waals surface area contributed by atoms with E-state index in [9.17, 15) is 10.2 Å². The standard InChI is InChI=1S/C14H22N2O2/c1-3-5-7-15-11-9-12(16-8-6-4-2)14(18)10-13(11)17/h7,9-10,16-18H,3-6,8H2,1-2H3. The molecule has 18 heavy (non-hydrogen) atoms. The zero-order chi connectivity index (χ0) is 13.4. The molecule has 0 bridgehead atoms. The molecule has 0 radical (unpaired) electrons. The maximum absolute atomic E-state index is 9.71. The number of nitrogens with zero attached hydrogens (tertiary/aromatic N) is 1. The van der Waals surface area contributed by atoms with Crippen LogP contribution < -0.4 is 5.32 Å². The van der Waals surface area contributed by atoms with Gasteiger partial charge in [0.1, 0.15) is 17.2 Å². The molecule has 4 nitrogen and oxygen atoms in total. The van der Waals surface area contributed by atoms with Gasteiger partial charge in [-0.1, -0.05) is 26.7 Å². The van der Waals surface area contributed by atoms with Crippen LogP contribution in [-0.4, -0.2) is 23.0 Å². The highest BCUT2D eigenvalue weighted by Gasteiger charge is 2.07. The number of phenols is 2. The summed E-state index contributed by atoms with van der Waals surface area (Å²) in [5.74, 6) is 0.0546. The van der Waals surface area contributed by atoms with E-state index >= 15 is 0 Å². The Bertz CT molecular complexity index is 403. The first kappa shape index (κ1) is 14.4. The summed E-state index contributed by atoms with van der Waals surface area (Å²) in [5.41, 5.74) is 1.10. The van der Waals surface area contributed by atoms with E-state index in [1.54, 1.807) is 12.3 Å². The number of benzene rings is 1. The fourth-order valence-corrected chi connectivity index (χ4v) is 1.50. The topological polar surface area (TPSA) is 64.9 Å². The van der Waals surface area contributed by atoms with Gasteiger partial charge in [0.2, 0.25) is 0 Å². The minimum atomic E-state index is 0.000828. The normalized spacial score (nSPS) is 11.0. The minimum Gasteiger partial charge on any atom is -0.506 e. The van der Waals surface area contributed by atoms with Crippen LogP contribution in [0.25, 0.3) is 0 Å². The molecule has 1 aromatic rings. The molecule has 0 amide bonds. The Kier molecular flexibility index (Phi) is 6.05. The Labute approximate surface area is 108 Å². The second-order valence-corrected chi connectivity index (χ2v) is 4.24. The van der Waals surface area contributed by atoms with Crippen molar-refractivity contribution in [2.45, 2.75) is 39.5 Å². The largest absolute Gasteiger partial charge is 0.506 e. The first-order valence-electron chi connectivity index (χ1n) is 6.51. The first-order chi connectivity index (χ1) is 8.69. The fraction of sp³-hybridized carbons (Fsp3) is 0.500. The number of rotatable bonds is 7. The third kappa shape index (κ3) is 4.28. The van der Waals surface area contributed by atoms with E-state index in [1.807, 2.05) is 0 Å². The zero-order valence-electron chi connectivity index (χ0n) is 11.1. The van der Waals surface area contributed by atoms with Crippen LogP contribution in [0.3, 0.4) is 0 Å². The Hall–Kier alpha value is -1.71. The summed E-state index contributed by atoms with van der Waals surface area (Å²) in [6, 6.07) is 3.00. The lowest BCUT2D eigenvalue weighted by atomic mass is 10.2. The van der Waals surface area contributed by atoms with Crippen LogP contribution in [0.1, 0.15) is 39.5 Å². The van der Waals surface area contributed by atoms with Gasteiger partial charge in [-0.25, -0.2) is 0 Å². The van der Waals surface area contributed by atoms with E-state index < -0.39 is 0 Å². The summed E-state index contributed by atoms with van der Waals surface area (Å²) in [6.07, 6.45) is 5.80. The molecule has 100 valence electrons. The highest BCUT2D eigenvalue weighted by Crippen LogP contribution is 2.36. The van der Waals surface area contributed by atoms with E-state index in [0.717, 1.165) is 32.2 Å². The van der Waals surface area contributed by atoms with Crippen molar-refractivity contribution in [3.8, 4) is 11.5 Å². The van der Waals surface area contributed by atoms with E-state index in [1.165, 1.54) is 6.07 Å². The zero-order valence-corrected chi connectivity index (χ0v) is 11.1. The summed E-state index contributed by atoms with van der Waals surface area (Å²) < 4.78 is 0. The number of anilines is 1. The molecule has 0 aromatic heterocycles. The summed E-state index contributed by atoms with van der Waals surface area (Å²) in [6.45, 7) is 4.98. The lowest BCUT2D eigenvalue weighted by Gasteiger charge is -2.09. The van der Waals surface area contributed by atoms with Gasteiger partial charge in [-0.15, -0.1) is 0 Å². The molecule has 0 spiro atoms. The van der Waals surface area contributed by atoms with E-state index in [4.69, 9.17) is 0 Å². The smallest absolute Gasteiger partial charge is 0.145 e. The van der Waals surface area contributed by atoms with Crippen LogP contribution in [-0.2, 0) is 0 Å². The van der Waals surface area contributed by atoms with Crippen LogP contribution in [0.5, 0.6) is 11.5 Å². The highest BCUT2D eigenvalue weighted by atomic mass is 16.3. The lowest BCUT2D eigenvalue weighted by Crippen LogP contribution is -2.00. The maximum atomic E-state index is 9.71. The lowest BCUT2D eigenvalue weighted by molar-refractivity contribution is 0.453. The number of aromatic hydroxyl groups is 2. The molecular formula is C14H22N2O2. The van der Waals surface area contributed by atoms with Crippen molar-refractivity contribution < 1.29 is 10.2 Å². The van der Waals surface area contributed by atoms with Gasteiger partial charge in [0, 0.05) is 18.8 Å². The number of phenolic OH excluding ortho intramolecular Hbond substituents is 2. The number of hydrogen-bond acceptors (Lipinski definition) is 4. The van der Waals surface area contributed by atoms with Crippen LogP contribution in [0.15, 0.2) is 17.1 Å². The van der Waals surface area contributed by atoms with Crippen molar-refractivity contribution in [1.29, 1.82) is 0 Å². The average molecular weight is 250 g/mol. The number of unbranched alkanes of at least 4 members (excludes halogenated alkanes) is 2. The van der Waals surface area contributed by atoms with Crippen LogP contribution in [0.2, 0.25) is 0 Å². The molecule has 0 atom stereocenters. The Morgan fingerprint density at radius 1 is 1.17 bits per heavy atom. The van der Waals surface area contributed by atoms with Crippen LogP contribution in [0.4, 0.5) is 11.4 Å². The number of hydrogen-bond donors (Lipinski definition) is 3. The molecule has 0 unspecified atom stereocenters. The molecule has 0 fully saturated rings. The number of nitrogens with one attached hydrogen (secondary N) is 1. The summed E-state index contributed by atoms with van der Waals surface area (Å²) in [4.78, 5) is 4.20.